The van der Waals surface area contributed by atoms with Crippen molar-refractivity contribution in [3.63, 3.8) is 0 Å². The van der Waals surface area contributed by atoms with Crippen molar-refractivity contribution < 1.29 is 38.7 Å². The number of carbonyl (C=O) groups excluding carboxylic acids is 7. The van der Waals surface area contributed by atoms with Crippen LogP contribution in [-0.2, 0) is 33.6 Å². The van der Waals surface area contributed by atoms with E-state index in [-0.39, 0.29) is 49.5 Å². The lowest BCUT2D eigenvalue weighted by Gasteiger charge is -2.34. The van der Waals surface area contributed by atoms with E-state index in [0.29, 0.717) is 32.2 Å². The minimum Gasteiger partial charge on any atom is -0.394 e. The Bertz CT molecular complexity index is 1350. The van der Waals surface area contributed by atoms with E-state index in [1.165, 1.54) is 49.8 Å². The van der Waals surface area contributed by atoms with Crippen molar-refractivity contribution in [2.24, 2.45) is 23.5 Å². The highest BCUT2D eigenvalue weighted by Gasteiger charge is 2.42. The van der Waals surface area contributed by atoms with Crippen molar-refractivity contribution in [2.45, 2.75) is 214 Å². The Balaban J connectivity index is 2.93. The molecule has 0 saturated carbocycles. The van der Waals surface area contributed by atoms with Crippen LogP contribution < -0.4 is 32.3 Å². The molecule has 1 rings (SSSR count). The topological polar surface area (TPSA) is 229 Å². The van der Waals surface area contributed by atoms with Gasteiger partial charge in [0.25, 0.3) is 0 Å². The molecule has 1 aliphatic rings. The molecular formula is C45H83N7O8. The molecule has 1 fully saturated rings. The maximum atomic E-state index is 13.9. The van der Waals surface area contributed by atoms with Gasteiger partial charge < -0.3 is 42.3 Å². The molecule has 15 nitrogen and oxygen atoms in total. The number of hydrogen-bond donors (Lipinski definition) is 7. The summed E-state index contributed by atoms with van der Waals surface area (Å²) in [5, 5.41) is 23.7. The van der Waals surface area contributed by atoms with Crippen molar-refractivity contribution >= 4 is 41.4 Å². The van der Waals surface area contributed by atoms with Gasteiger partial charge in [-0.3, -0.25) is 33.6 Å². The Morgan fingerprint density at radius 1 is 0.700 bits per heavy atom. The number of rotatable bonds is 31. The third kappa shape index (κ3) is 21.2. The summed E-state index contributed by atoms with van der Waals surface area (Å²) < 4.78 is 0. The molecule has 60 heavy (non-hydrogen) atoms. The molecular weight excluding hydrogens is 767 g/mol. The molecule has 346 valence electrons. The Morgan fingerprint density at radius 2 is 1.25 bits per heavy atom. The van der Waals surface area contributed by atoms with Crippen LogP contribution in [0.5, 0.6) is 0 Å². The molecule has 15 heteroatoms. The van der Waals surface area contributed by atoms with Crippen LogP contribution in [0, 0.1) is 17.8 Å². The first-order valence-corrected chi connectivity index (χ1v) is 23.0. The van der Waals surface area contributed by atoms with Crippen LogP contribution in [0.4, 0.5) is 0 Å². The summed E-state index contributed by atoms with van der Waals surface area (Å²) in [6.45, 7) is 16.7. The van der Waals surface area contributed by atoms with Gasteiger partial charge in [0, 0.05) is 19.4 Å². The minimum absolute atomic E-state index is 0.0321. The fourth-order valence-electron chi connectivity index (χ4n) is 7.68. The van der Waals surface area contributed by atoms with Crippen molar-refractivity contribution in [3.05, 3.63) is 0 Å². The van der Waals surface area contributed by atoms with E-state index in [1.807, 2.05) is 27.7 Å². The van der Waals surface area contributed by atoms with E-state index >= 15 is 0 Å². The molecule has 8 N–H and O–H groups in total. The average molecular weight is 850 g/mol. The van der Waals surface area contributed by atoms with Crippen LogP contribution >= 0.6 is 0 Å². The molecule has 0 bridgehead atoms. The number of nitrogens with zero attached hydrogens (tertiary/aromatic N) is 1. The Morgan fingerprint density at radius 3 is 1.77 bits per heavy atom. The second-order valence-corrected chi connectivity index (χ2v) is 18.6. The minimum atomic E-state index is -1.25. The van der Waals surface area contributed by atoms with E-state index in [0.717, 1.165) is 25.7 Å². The highest BCUT2D eigenvalue weighted by molar-refractivity contribution is 5.97. The smallest absolute Gasteiger partial charge is 0.248 e. The van der Waals surface area contributed by atoms with Gasteiger partial charge in [-0.2, -0.15) is 0 Å². The number of carbonyl (C=O) groups is 7. The second kappa shape index (κ2) is 28.7. The van der Waals surface area contributed by atoms with E-state index in [4.69, 9.17) is 5.73 Å². The molecule has 0 aromatic rings. The zero-order chi connectivity index (χ0) is 45.4. The number of likely N-dealkylation sites (tertiary alicyclic amines) is 1. The van der Waals surface area contributed by atoms with Crippen LogP contribution in [0.25, 0.3) is 0 Å². The molecule has 5 atom stereocenters. The monoisotopic (exact) mass is 850 g/mol. The van der Waals surface area contributed by atoms with Gasteiger partial charge in [-0.05, 0) is 70.1 Å². The zero-order valence-electron chi connectivity index (χ0n) is 38.6. The number of hydrogen-bond acceptors (Lipinski definition) is 8. The number of primary amides is 1. The van der Waals surface area contributed by atoms with Crippen LogP contribution in [-0.4, -0.2) is 100 Å². The highest BCUT2D eigenvalue weighted by Crippen LogP contribution is 2.23. The standard InChI is InChI=1S/C45H83N7O8/c1-10-11-12-13-14-15-16-17-18-19-20-23-38(55)51-45(8,9)44(60)52-26-21-22-36(52)42(58)49-35(28-31(4)5)41(57)50-39(32(6)7)43(59)48-34(24-25-37(46)54)40(56)47-33(29-53)27-30(2)3/h30-36,39,53H,10-29H2,1-9H3,(H2,46,54)(H,47,56)(H,48,59)(H,49,58)(H,50,57)(H,51,55)/t33-,34-,35-,36-,39-/m0/s1. The van der Waals surface area contributed by atoms with Crippen LogP contribution in [0.15, 0.2) is 0 Å². The summed E-state index contributed by atoms with van der Waals surface area (Å²) in [6.07, 6.45) is 14.7. The van der Waals surface area contributed by atoms with E-state index in [1.54, 1.807) is 27.7 Å². The number of aliphatic hydroxyl groups excluding tert-OH is 1. The number of unbranched alkanes of at least 4 members (excludes halogenated alkanes) is 10. The molecule has 1 aliphatic heterocycles. The Labute approximate surface area is 361 Å². The van der Waals surface area contributed by atoms with E-state index in [9.17, 15) is 38.7 Å². The van der Waals surface area contributed by atoms with Gasteiger partial charge in [-0.25, -0.2) is 0 Å². The largest absolute Gasteiger partial charge is 0.394 e. The number of amides is 7. The van der Waals surface area contributed by atoms with Crippen LogP contribution in [0.1, 0.15) is 178 Å². The molecule has 0 spiro atoms. The first-order valence-electron chi connectivity index (χ1n) is 23.0. The summed E-state index contributed by atoms with van der Waals surface area (Å²) in [6, 6.07) is -4.74. The maximum Gasteiger partial charge on any atom is 0.248 e. The quantitative estimate of drug-likeness (QED) is 0.0490. The molecule has 0 aromatic heterocycles. The molecule has 0 aliphatic carbocycles. The summed E-state index contributed by atoms with van der Waals surface area (Å²) in [5.41, 5.74) is 4.11. The van der Waals surface area contributed by atoms with Crippen molar-refractivity contribution in [2.75, 3.05) is 13.2 Å². The third-order valence-corrected chi connectivity index (χ3v) is 11.0. The van der Waals surface area contributed by atoms with Crippen molar-refractivity contribution in [3.8, 4) is 0 Å². The molecule has 0 radical (unpaired) electrons. The van der Waals surface area contributed by atoms with Gasteiger partial charge >= 0.3 is 0 Å². The normalized spacial score (nSPS) is 16.3. The zero-order valence-corrected chi connectivity index (χ0v) is 38.6. The van der Waals surface area contributed by atoms with Gasteiger partial charge in [0.15, 0.2) is 0 Å². The van der Waals surface area contributed by atoms with Gasteiger partial charge in [0.2, 0.25) is 41.4 Å². The lowest BCUT2D eigenvalue weighted by Crippen LogP contribution is -2.61. The number of aliphatic hydroxyl groups is 1. The van der Waals surface area contributed by atoms with Crippen molar-refractivity contribution in [1.82, 2.24) is 31.5 Å². The van der Waals surface area contributed by atoms with E-state index < -0.39 is 71.2 Å². The summed E-state index contributed by atoms with van der Waals surface area (Å²) in [5.74, 6) is -3.90. The molecule has 0 aromatic carbocycles. The molecule has 0 unspecified atom stereocenters. The van der Waals surface area contributed by atoms with Gasteiger partial charge in [-0.1, -0.05) is 113 Å². The van der Waals surface area contributed by atoms with Gasteiger partial charge in [-0.15, -0.1) is 0 Å². The first-order chi connectivity index (χ1) is 28.2. The summed E-state index contributed by atoms with van der Waals surface area (Å²) >= 11 is 0. The van der Waals surface area contributed by atoms with Gasteiger partial charge in [0.05, 0.1) is 12.6 Å². The van der Waals surface area contributed by atoms with Gasteiger partial charge in [0.1, 0.15) is 29.7 Å². The van der Waals surface area contributed by atoms with E-state index in [2.05, 4.69) is 33.5 Å². The van der Waals surface area contributed by atoms with Crippen LogP contribution in [0.3, 0.4) is 0 Å². The predicted octanol–water partition coefficient (Wildman–Crippen LogP) is 4.52. The summed E-state index contributed by atoms with van der Waals surface area (Å²) in [7, 11) is 0. The molecule has 1 saturated heterocycles. The first kappa shape index (κ1) is 54.3. The number of nitrogens with two attached hydrogens (primary N) is 1. The highest BCUT2D eigenvalue weighted by atomic mass is 16.3. The Kier molecular flexibility index (Phi) is 26.0. The number of nitrogens with one attached hydrogen (secondary N) is 5. The van der Waals surface area contributed by atoms with Crippen LogP contribution in [0.2, 0.25) is 0 Å². The lowest BCUT2D eigenvalue weighted by molar-refractivity contribution is -0.145. The third-order valence-electron chi connectivity index (χ3n) is 11.0. The average Bonchev–Trinajstić information content (AvgIpc) is 3.66. The summed E-state index contributed by atoms with van der Waals surface area (Å²) in [4.78, 5) is 94.6. The molecule has 1 heterocycles. The molecule has 7 amide bonds. The maximum absolute atomic E-state index is 13.9. The lowest BCUT2D eigenvalue weighted by atomic mass is 9.98. The fraction of sp³-hybridized carbons (Fsp3) is 0.844. The SMILES string of the molecule is CCCCCCCCCCCCCC(=O)NC(C)(C)C(=O)N1CCC[C@H]1C(=O)N[C@@H](CC(C)C)C(=O)N[C@H](C(=O)N[C@@H](CCC(N)=O)C(=O)N[C@H](CO)CC(C)C)C(C)C. The van der Waals surface area contributed by atoms with Crippen molar-refractivity contribution in [1.29, 1.82) is 0 Å². The Hall–Kier alpha value is -3.75. The second-order valence-electron chi connectivity index (χ2n) is 18.6. The fourth-order valence-corrected chi connectivity index (χ4v) is 7.68. The predicted molar refractivity (Wildman–Crippen MR) is 235 cm³/mol.